The summed E-state index contributed by atoms with van der Waals surface area (Å²) in [4.78, 5) is 17.3. The average Bonchev–Trinajstić information content (AvgIpc) is 2.70. The first-order valence-electron chi connectivity index (χ1n) is 6.15. The highest BCUT2D eigenvalue weighted by atomic mass is 19.4. The molecular formula is C13H15F3N2O. The molecule has 2 heterocycles. The number of anilines is 1. The third kappa shape index (κ3) is 2.72. The van der Waals surface area contributed by atoms with Crippen molar-refractivity contribution >= 4 is 11.7 Å². The summed E-state index contributed by atoms with van der Waals surface area (Å²) in [5, 5.41) is 0. The van der Waals surface area contributed by atoms with Gasteiger partial charge in [0.2, 0.25) is 5.91 Å². The lowest BCUT2D eigenvalue weighted by atomic mass is 9.95. The molecule has 0 saturated carbocycles. The number of hydrogen-bond acceptors (Lipinski definition) is 2. The number of aromatic nitrogens is 1. The van der Waals surface area contributed by atoms with Crippen LogP contribution in [-0.4, -0.2) is 17.4 Å². The van der Waals surface area contributed by atoms with Crippen LogP contribution in [0, 0.1) is 11.8 Å². The van der Waals surface area contributed by atoms with Crippen LogP contribution in [0.15, 0.2) is 18.3 Å². The molecule has 19 heavy (non-hydrogen) atoms. The van der Waals surface area contributed by atoms with Crippen LogP contribution in [0.5, 0.6) is 0 Å². The predicted molar refractivity (Wildman–Crippen MR) is 64.5 cm³/mol. The summed E-state index contributed by atoms with van der Waals surface area (Å²) in [6, 6.07) is 1.84. The van der Waals surface area contributed by atoms with E-state index in [0.717, 1.165) is 18.3 Å². The van der Waals surface area contributed by atoms with Gasteiger partial charge >= 0.3 is 6.18 Å². The van der Waals surface area contributed by atoms with E-state index >= 15 is 0 Å². The third-order valence-electron chi connectivity index (χ3n) is 3.40. The number of alkyl halides is 3. The largest absolute Gasteiger partial charge is 0.416 e. The van der Waals surface area contributed by atoms with Crippen LogP contribution in [0.3, 0.4) is 0 Å². The molecule has 1 aliphatic rings. The molecule has 3 nitrogen and oxygen atoms in total. The summed E-state index contributed by atoms with van der Waals surface area (Å²) in [7, 11) is 0. The van der Waals surface area contributed by atoms with Gasteiger partial charge in [0.25, 0.3) is 0 Å². The highest BCUT2D eigenvalue weighted by Crippen LogP contribution is 2.33. The van der Waals surface area contributed by atoms with Crippen molar-refractivity contribution in [3.8, 4) is 0 Å². The summed E-state index contributed by atoms with van der Waals surface area (Å²) in [5.41, 5.74) is -0.779. The van der Waals surface area contributed by atoms with E-state index in [2.05, 4.69) is 4.98 Å². The molecule has 1 aromatic rings. The summed E-state index contributed by atoms with van der Waals surface area (Å²) in [5.74, 6) is 0.00411. The van der Waals surface area contributed by atoms with E-state index < -0.39 is 11.7 Å². The third-order valence-corrected chi connectivity index (χ3v) is 3.40. The van der Waals surface area contributed by atoms with Gasteiger partial charge in [-0.3, -0.25) is 9.69 Å². The Labute approximate surface area is 109 Å². The van der Waals surface area contributed by atoms with Gasteiger partial charge in [-0.1, -0.05) is 13.8 Å². The van der Waals surface area contributed by atoms with Crippen LogP contribution in [0.2, 0.25) is 0 Å². The Balaban J connectivity index is 2.27. The molecule has 1 aromatic heterocycles. The van der Waals surface area contributed by atoms with Gasteiger partial charge in [0.05, 0.1) is 5.56 Å². The minimum atomic E-state index is -4.42. The second-order valence-electron chi connectivity index (χ2n) is 5.03. The van der Waals surface area contributed by atoms with Crippen molar-refractivity contribution < 1.29 is 18.0 Å². The zero-order valence-corrected chi connectivity index (χ0v) is 10.7. The Hall–Kier alpha value is -1.59. The van der Waals surface area contributed by atoms with Crippen molar-refractivity contribution in [2.75, 3.05) is 11.4 Å². The first-order valence-corrected chi connectivity index (χ1v) is 6.15. The second kappa shape index (κ2) is 4.83. The number of amides is 1. The van der Waals surface area contributed by atoms with Gasteiger partial charge in [-0.2, -0.15) is 13.2 Å². The van der Waals surface area contributed by atoms with Crippen LogP contribution >= 0.6 is 0 Å². The van der Waals surface area contributed by atoms with E-state index in [1.807, 2.05) is 13.8 Å². The lowest BCUT2D eigenvalue weighted by Crippen LogP contribution is -2.29. The first-order chi connectivity index (χ1) is 8.80. The van der Waals surface area contributed by atoms with Gasteiger partial charge in [-0.15, -0.1) is 0 Å². The smallest absolute Gasteiger partial charge is 0.297 e. The van der Waals surface area contributed by atoms with Crippen molar-refractivity contribution in [3.63, 3.8) is 0 Å². The standard InChI is InChI=1S/C13H15F3N2O/c1-8(2)10-4-6-18(12(10)19)11-7-9(3-5-17-11)13(14,15)16/h3,5,7-8,10H,4,6H2,1-2H3. The van der Waals surface area contributed by atoms with Crippen LogP contribution in [-0.2, 0) is 11.0 Å². The second-order valence-corrected chi connectivity index (χ2v) is 5.03. The number of pyridine rings is 1. The maximum atomic E-state index is 12.6. The van der Waals surface area contributed by atoms with Crippen LogP contribution in [0.4, 0.5) is 19.0 Å². The Morgan fingerprint density at radius 1 is 1.42 bits per heavy atom. The monoisotopic (exact) mass is 272 g/mol. The Bertz CT molecular complexity index is 485. The minimum absolute atomic E-state index is 0.0861. The summed E-state index contributed by atoms with van der Waals surface area (Å²) in [6.45, 7) is 4.30. The topological polar surface area (TPSA) is 33.2 Å². The van der Waals surface area contributed by atoms with Crippen molar-refractivity contribution in [2.24, 2.45) is 11.8 Å². The zero-order chi connectivity index (χ0) is 14.2. The molecule has 0 radical (unpaired) electrons. The van der Waals surface area contributed by atoms with Crippen molar-refractivity contribution in [1.82, 2.24) is 4.98 Å². The molecule has 1 amide bonds. The normalized spacial score (nSPS) is 20.4. The molecular weight excluding hydrogens is 257 g/mol. The number of carbonyl (C=O) groups excluding carboxylic acids is 1. The lowest BCUT2D eigenvalue weighted by Gasteiger charge is -2.18. The molecule has 0 aromatic carbocycles. The van der Waals surface area contributed by atoms with Crippen molar-refractivity contribution in [1.29, 1.82) is 0 Å². The number of hydrogen-bond donors (Lipinski definition) is 0. The molecule has 6 heteroatoms. The summed E-state index contributed by atoms with van der Waals surface area (Å²) < 4.78 is 37.9. The summed E-state index contributed by atoms with van der Waals surface area (Å²) in [6.07, 6.45) is -2.67. The zero-order valence-electron chi connectivity index (χ0n) is 10.7. The van der Waals surface area contributed by atoms with Crippen molar-refractivity contribution in [3.05, 3.63) is 23.9 Å². The minimum Gasteiger partial charge on any atom is -0.297 e. The molecule has 1 atom stereocenters. The maximum Gasteiger partial charge on any atom is 0.416 e. The number of halogens is 3. The number of nitrogens with zero attached hydrogens (tertiary/aromatic N) is 2. The molecule has 1 unspecified atom stereocenters. The Morgan fingerprint density at radius 3 is 2.63 bits per heavy atom. The highest BCUT2D eigenvalue weighted by molar-refractivity contribution is 5.96. The fraction of sp³-hybridized carbons (Fsp3) is 0.538. The summed E-state index contributed by atoms with van der Waals surface area (Å²) >= 11 is 0. The van der Waals surface area contributed by atoms with Crippen LogP contribution in [0.25, 0.3) is 0 Å². The maximum absolute atomic E-state index is 12.6. The molecule has 1 aliphatic heterocycles. The molecule has 2 rings (SSSR count). The first kappa shape index (κ1) is 13.8. The fourth-order valence-electron chi connectivity index (χ4n) is 2.29. The van der Waals surface area contributed by atoms with Crippen LogP contribution in [0.1, 0.15) is 25.8 Å². The van der Waals surface area contributed by atoms with E-state index in [0.29, 0.717) is 13.0 Å². The molecule has 0 aliphatic carbocycles. The fourth-order valence-corrected chi connectivity index (χ4v) is 2.29. The SMILES string of the molecule is CC(C)C1CCN(c2cc(C(F)(F)F)ccn2)C1=O. The van der Waals surface area contributed by atoms with E-state index in [-0.39, 0.29) is 23.6 Å². The quantitative estimate of drug-likeness (QED) is 0.828. The average molecular weight is 272 g/mol. The number of rotatable bonds is 2. The van der Waals surface area contributed by atoms with Gasteiger partial charge in [-0.25, -0.2) is 4.98 Å². The van der Waals surface area contributed by atoms with Gasteiger partial charge < -0.3 is 0 Å². The molecule has 0 spiro atoms. The molecule has 0 bridgehead atoms. The van der Waals surface area contributed by atoms with E-state index in [1.54, 1.807) is 0 Å². The predicted octanol–water partition coefficient (Wildman–Crippen LogP) is 3.11. The molecule has 1 saturated heterocycles. The highest BCUT2D eigenvalue weighted by Gasteiger charge is 2.36. The van der Waals surface area contributed by atoms with Crippen LogP contribution < -0.4 is 4.90 Å². The Morgan fingerprint density at radius 2 is 2.11 bits per heavy atom. The van der Waals surface area contributed by atoms with Gasteiger partial charge in [0, 0.05) is 18.7 Å². The van der Waals surface area contributed by atoms with E-state index in [4.69, 9.17) is 0 Å². The van der Waals surface area contributed by atoms with Crippen molar-refractivity contribution in [2.45, 2.75) is 26.4 Å². The molecule has 0 N–H and O–H groups in total. The van der Waals surface area contributed by atoms with Gasteiger partial charge in [0.15, 0.2) is 0 Å². The Kier molecular flexibility index (Phi) is 3.52. The van der Waals surface area contributed by atoms with E-state index in [9.17, 15) is 18.0 Å². The van der Waals surface area contributed by atoms with E-state index in [1.165, 1.54) is 4.90 Å². The molecule has 1 fully saturated rings. The van der Waals surface area contributed by atoms with Gasteiger partial charge in [0.1, 0.15) is 5.82 Å². The van der Waals surface area contributed by atoms with Gasteiger partial charge in [-0.05, 0) is 24.5 Å². The lowest BCUT2D eigenvalue weighted by molar-refractivity contribution is -0.137. The number of carbonyl (C=O) groups is 1. The molecule has 104 valence electrons.